The normalized spacial score (nSPS) is 17.8. The van der Waals surface area contributed by atoms with Crippen molar-refractivity contribution >= 4 is 32.9 Å². The minimum atomic E-state index is 0. The Morgan fingerprint density at radius 3 is 2.14 bits per heavy atom. The molecule has 1 nitrogen and oxygen atoms in total. The van der Waals surface area contributed by atoms with Crippen molar-refractivity contribution in [3.05, 3.63) is 0 Å². The molecule has 1 saturated heterocycles. The number of nitrogens with zero attached hydrogens (tertiary/aromatic N) is 1. The molecule has 0 unspecified atom stereocenters. The first-order valence-corrected chi connectivity index (χ1v) is 6.84. The number of rotatable bonds is 6. The lowest BCUT2D eigenvalue weighted by molar-refractivity contribution is 0.224. The summed E-state index contributed by atoms with van der Waals surface area (Å²) in [6.45, 7) is 4.07. The zero-order valence-electron chi connectivity index (χ0n) is 9.01. The number of likely N-dealkylation sites (tertiary alicyclic amines) is 1. The topological polar surface area (TPSA) is 3.24 Å². The molecule has 0 aromatic heterocycles. The molecule has 3 heteroatoms. The van der Waals surface area contributed by atoms with Crippen molar-refractivity contribution in [3.8, 4) is 0 Å². The Morgan fingerprint density at radius 2 is 1.50 bits per heavy atom. The average molecular weight is 329 g/mol. The van der Waals surface area contributed by atoms with E-state index in [4.69, 9.17) is 0 Å². The molecule has 0 aromatic rings. The van der Waals surface area contributed by atoms with Crippen LogP contribution in [-0.2, 0) is 0 Å². The first kappa shape index (κ1) is 14.9. The number of piperidine rings is 1. The Morgan fingerprint density at radius 1 is 0.857 bits per heavy atom. The molecule has 0 aromatic carbocycles. The summed E-state index contributed by atoms with van der Waals surface area (Å²) in [4.78, 5) is 2.64. The van der Waals surface area contributed by atoms with E-state index in [-0.39, 0.29) is 17.0 Å². The Hall–Kier alpha value is 0.920. The largest absolute Gasteiger partial charge is 0.303 e. The van der Waals surface area contributed by atoms with Crippen LogP contribution in [0.25, 0.3) is 0 Å². The molecule has 14 heavy (non-hydrogen) atoms. The molecule has 0 bridgehead atoms. The van der Waals surface area contributed by atoms with Crippen molar-refractivity contribution in [2.75, 3.05) is 25.0 Å². The number of hydrogen-bond donors (Lipinski definition) is 0. The monoisotopic (exact) mass is 327 g/mol. The van der Waals surface area contributed by atoms with E-state index in [1.165, 1.54) is 69.9 Å². The van der Waals surface area contributed by atoms with Crippen LogP contribution in [0, 0.1) is 0 Å². The number of hydrogen-bond acceptors (Lipinski definition) is 1. The highest BCUT2D eigenvalue weighted by Crippen LogP contribution is 2.10. The summed E-state index contributed by atoms with van der Waals surface area (Å²) in [5.74, 6) is 0. The van der Waals surface area contributed by atoms with Crippen LogP contribution in [0.3, 0.4) is 0 Å². The van der Waals surface area contributed by atoms with E-state index in [9.17, 15) is 0 Å². The van der Waals surface area contributed by atoms with Crippen LogP contribution >= 0.6 is 32.9 Å². The van der Waals surface area contributed by atoms with Crippen molar-refractivity contribution in [1.82, 2.24) is 4.90 Å². The van der Waals surface area contributed by atoms with Crippen LogP contribution in [0.5, 0.6) is 0 Å². The Bertz CT molecular complexity index is 114. The Labute approximate surface area is 108 Å². The lowest BCUT2D eigenvalue weighted by atomic mass is 10.1. The molecule has 0 saturated carbocycles. The minimum absolute atomic E-state index is 0. The van der Waals surface area contributed by atoms with Crippen LogP contribution in [0.2, 0.25) is 0 Å². The predicted octanol–water partition coefficient (Wildman–Crippen LogP) is 4.01. The SMILES string of the molecule is Br.BrCCCCCCN1CCCCC1. The van der Waals surface area contributed by atoms with Gasteiger partial charge in [0.1, 0.15) is 0 Å². The van der Waals surface area contributed by atoms with E-state index < -0.39 is 0 Å². The van der Waals surface area contributed by atoms with Gasteiger partial charge in [0.2, 0.25) is 0 Å². The highest BCUT2D eigenvalue weighted by Gasteiger charge is 2.08. The van der Waals surface area contributed by atoms with Gasteiger partial charge in [-0.1, -0.05) is 35.2 Å². The van der Waals surface area contributed by atoms with E-state index in [2.05, 4.69) is 20.8 Å². The van der Waals surface area contributed by atoms with Crippen LogP contribution < -0.4 is 0 Å². The molecule has 0 radical (unpaired) electrons. The van der Waals surface area contributed by atoms with Crippen molar-refractivity contribution < 1.29 is 0 Å². The van der Waals surface area contributed by atoms with Gasteiger partial charge >= 0.3 is 0 Å². The van der Waals surface area contributed by atoms with Crippen LogP contribution in [0.15, 0.2) is 0 Å². The van der Waals surface area contributed by atoms with E-state index in [0.717, 1.165) is 0 Å². The number of unbranched alkanes of at least 4 members (excludes halogenated alkanes) is 3. The fraction of sp³-hybridized carbons (Fsp3) is 1.00. The molecule has 0 atom stereocenters. The number of halogens is 2. The lowest BCUT2D eigenvalue weighted by Gasteiger charge is -2.26. The quantitative estimate of drug-likeness (QED) is 0.526. The van der Waals surface area contributed by atoms with Gasteiger partial charge in [0.25, 0.3) is 0 Å². The van der Waals surface area contributed by atoms with E-state index in [1.54, 1.807) is 0 Å². The van der Waals surface area contributed by atoms with Crippen molar-refractivity contribution in [3.63, 3.8) is 0 Å². The fourth-order valence-electron chi connectivity index (χ4n) is 1.97. The van der Waals surface area contributed by atoms with E-state index >= 15 is 0 Å². The van der Waals surface area contributed by atoms with Gasteiger partial charge in [0, 0.05) is 5.33 Å². The van der Waals surface area contributed by atoms with Crippen molar-refractivity contribution in [2.24, 2.45) is 0 Å². The highest BCUT2D eigenvalue weighted by atomic mass is 79.9. The fourth-order valence-corrected chi connectivity index (χ4v) is 2.36. The maximum atomic E-state index is 3.47. The van der Waals surface area contributed by atoms with Crippen molar-refractivity contribution in [1.29, 1.82) is 0 Å². The second kappa shape index (κ2) is 10.4. The van der Waals surface area contributed by atoms with Gasteiger partial charge in [-0.3, -0.25) is 0 Å². The average Bonchev–Trinajstić information content (AvgIpc) is 2.19. The maximum absolute atomic E-state index is 3.47. The van der Waals surface area contributed by atoms with Gasteiger partial charge in [0.15, 0.2) is 0 Å². The molecule has 1 aliphatic rings. The second-order valence-corrected chi connectivity index (χ2v) is 4.80. The molecule has 1 aliphatic heterocycles. The first-order valence-electron chi connectivity index (χ1n) is 5.72. The zero-order valence-corrected chi connectivity index (χ0v) is 12.3. The van der Waals surface area contributed by atoms with Crippen LogP contribution in [-0.4, -0.2) is 29.9 Å². The molecular formula is C11H23Br2N. The standard InChI is InChI=1S/C11H22BrN.BrH/c12-8-4-1-2-5-9-13-10-6-3-7-11-13;/h1-11H2;1H. The summed E-state index contributed by atoms with van der Waals surface area (Å²) in [5, 5.41) is 1.18. The first-order chi connectivity index (χ1) is 6.43. The van der Waals surface area contributed by atoms with E-state index in [1.807, 2.05) is 0 Å². The third kappa shape index (κ3) is 7.24. The van der Waals surface area contributed by atoms with Crippen LogP contribution in [0.1, 0.15) is 44.9 Å². The molecule has 0 spiro atoms. The molecular weight excluding hydrogens is 306 g/mol. The lowest BCUT2D eigenvalue weighted by Crippen LogP contribution is -2.30. The van der Waals surface area contributed by atoms with Gasteiger partial charge in [-0.05, 0) is 45.3 Å². The van der Waals surface area contributed by atoms with Gasteiger partial charge in [-0.25, -0.2) is 0 Å². The smallest absolute Gasteiger partial charge is 0.00313 e. The molecule has 1 heterocycles. The highest BCUT2D eigenvalue weighted by molar-refractivity contribution is 9.09. The van der Waals surface area contributed by atoms with Crippen molar-refractivity contribution in [2.45, 2.75) is 44.9 Å². The maximum Gasteiger partial charge on any atom is 0.00313 e. The summed E-state index contributed by atoms with van der Waals surface area (Å²) in [6, 6.07) is 0. The molecule has 1 fully saturated rings. The molecule has 0 amide bonds. The summed E-state index contributed by atoms with van der Waals surface area (Å²) in [6.07, 6.45) is 9.90. The molecule has 0 N–H and O–H groups in total. The van der Waals surface area contributed by atoms with Gasteiger partial charge in [-0.15, -0.1) is 17.0 Å². The third-order valence-corrected chi connectivity index (χ3v) is 3.37. The molecule has 86 valence electrons. The summed E-state index contributed by atoms with van der Waals surface area (Å²) >= 11 is 3.47. The predicted molar refractivity (Wildman–Crippen MR) is 72.9 cm³/mol. The minimum Gasteiger partial charge on any atom is -0.303 e. The Kier molecular flexibility index (Phi) is 11.1. The summed E-state index contributed by atoms with van der Waals surface area (Å²) < 4.78 is 0. The van der Waals surface area contributed by atoms with Crippen LogP contribution in [0.4, 0.5) is 0 Å². The second-order valence-electron chi connectivity index (χ2n) is 4.01. The molecule has 1 rings (SSSR count). The zero-order chi connectivity index (χ0) is 9.36. The third-order valence-electron chi connectivity index (χ3n) is 2.81. The number of alkyl halides is 1. The van der Waals surface area contributed by atoms with Gasteiger partial charge in [-0.2, -0.15) is 0 Å². The summed E-state index contributed by atoms with van der Waals surface area (Å²) in [5.41, 5.74) is 0. The Balaban J connectivity index is 0.00000169. The molecule has 0 aliphatic carbocycles. The van der Waals surface area contributed by atoms with Gasteiger partial charge < -0.3 is 4.90 Å². The van der Waals surface area contributed by atoms with E-state index in [0.29, 0.717) is 0 Å². The van der Waals surface area contributed by atoms with Gasteiger partial charge in [0.05, 0.1) is 0 Å². The summed E-state index contributed by atoms with van der Waals surface area (Å²) in [7, 11) is 0.